The summed E-state index contributed by atoms with van der Waals surface area (Å²) in [5.41, 5.74) is 0.476. The molecular weight excluding hydrogens is 232 g/mol. The molecule has 1 heterocycles. The van der Waals surface area contributed by atoms with E-state index in [4.69, 9.17) is 14.6 Å². The van der Waals surface area contributed by atoms with Gasteiger partial charge in [0.25, 0.3) is 0 Å². The molecule has 1 saturated carbocycles. The summed E-state index contributed by atoms with van der Waals surface area (Å²) in [6.07, 6.45) is 4.06. The zero-order valence-corrected chi connectivity index (χ0v) is 10.0. The summed E-state index contributed by atoms with van der Waals surface area (Å²) in [5.74, 6) is 0.249. The van der Waals surface area contributed by atoms with Gasteiger partial charge >= 0.3 is 5.97 Å². The van der Waals surface area contributed by atoms with Crippen molar-refractivity contribution in [2.45, 2.75) is 31.5 Å². The molecule has 0 aromatic heterocycles. The van der Waals surface area contributed by atoms with Crippen molar-refractivity contribution in [3.63, 3.8) is 0 Å². The molecule has 0 amide bonds. The zero-order valence-electron chi connectivity index (χ0n) is 10.0. The van der Waals surface area contributed by atoms with Crippen LogP contribution in [-0.2, 0) is 9.47 Å². The van der Waals surface area contributed by atoms with E-state index in [1.807, 2.05) is 0 Å². The Morgan fingerprint density at radius 2 is 2.06 bits per heavy atom. The molecule has 1 N–H and O–H groups in total. The van der Waals surface area contributed by atoms with Crippen molar-refractivity contribution in [2.24, 2.45) is 5.92 Å². The van der Waals surface area contributed by atoms with Crippen molar-refractivity contribution >= 4 is 5.97 Å². The van der Waals surface area contributed by atoms with Crippen LogP contribution in [0.1, 0.15) is 29.6 Å². The largest absolute Gasteiger partial charge is 0.508 e. The summed E-state index contributed by atoms with van der Waals surface area (Å²) in [4.78, 5) is 11.8. The molecule has 0 radical (unpaired) electrons. The molecule has 1 aliphatic carbocycles. The van der Waals surface area contributed by atoms with Crippen molar-refractivity contribution in [3.8, 4) is 5.75 Å². The fourth-order valence-electron chi connectivity index (χ4n) is 2.51. The van der Waals surface area contributed by atoms with Crippen LogP contribution in [0.25, 0.3) is 0 Å². The van der Waals surface area contributed by atoms with Crippen LogP contribution in [0.3, 0.4) is 0 Å². The quantitative estimate of drug-likeness (QED) is 0.657. The summed E-state index contributed by atoms with van der Waals surface area (Å²) in [6.45, 7) is 0.465. The second-order valence-electron chi connectivity index (χ2n) is 5.04. The van der Waals surface area contributed by atoms with Gasteiger partial charge in [-0.1, -0.05) is 0 Å². The average Bonchev–Trinajstić information content (AvgIpc) is 3.15. The molecule has 1 aromatic rings. The molecule has 2 fully saturated rings. The Labute approximate surface area is 106 Å². The third-order valence-electron chi connectivity index (χ3n) is 3.67. The molecule has 3 rings (SSSR count). The van der Waals surface area contributed by atoms with Gasteiger partial charge < -0.3 is 14.6 Å². The second kappa shape index (κ2) is 4.61. The number of carbonyl (C=O) groups is 1. The highest BCUT2D eigenvalue weighted by Gasteiger charge is 2.43. The van der Waals surface area contributed by atoms with Gasteiger partial charge in [-0.2, -0.15) is 0 Å². The number of phenols is 1. The fourth-order valence-corrected chi connectivity index (χ4v) is 2.51. The average molecular weight is 248 g/mol. The number of benzene rings is 1. The first kappa shape index (κ1) is 11.5. The molecule has 96 valence electrons. The summed E-state index contributed by atoms with van der Waals surface area (Å²) in [5, 5.41) is 9.14. The molecule has 0 bridgehead atoms. The zero-order chi connectivity index (χ0) is 12.5. The summed E-state index contributed by atoms with van der Waals surface area (Å²) in [6, 6.07) is 6.11. The molecule has 4 heteroatoms. The molecule has 3 atom stereocenters. The minimum Gasteiger partial charge on any atom is -0.508 e. The highest BCUT2D eigenvalue weighted by molar-refractivity contribution is 5.89. The van der Waals surface area contributed by atoms with E-state index in [2.05, 4.69) is 0 Å². The first-order valence-electron chi connectivity index (χ1n) is 6.34. The van der Waals surface area contributed by atoms with E-state index in [0.29, 0.717) is 30.3 Å². The smallest absolute Gasteiger partial charge is 0.338 e. The number of aromatic hydroxyl groups is 1. The number of phenolic OH excluding ortho intramolecular Hbond substituents is 1. The maximum atomic E-state index is 11.8. The van der Waals surface area contributed by atoms with Crippen LogP contribution >= 0.6 is 0 Å². The molecule has 2 aliphatic rings. The first-order valence-corrected chi connectivity index (χ1v) is 6.34. The number of carbonyl (C=O) groups excluding carboxylic acids is 1. The lowest BCUT2D eigenvalue weighted by Gasteiger charge is -2.18. The van der Waals surface area contributed by atoms with Gasteiger partial charge in [0.2, 0.25) is 0 Å². The first-order chi connectivity index (χ1) is 8.72. The van der Waals surface area contributed by atoms with Gasteiger partial charge in [0.05, 0.1) is 24.4 Å². The number of rotatable bonds is 3. The Balaban J connectivity index is 1.50. The van der Waals surface area contributed by atoms with Gasteiger partial charge in [-0.15, -0.1) is 0 Å². The number of esters is 1. The van der Waals surface area contributed by atoms with E-state index < -0.39 is 0 Å². The van der Waals surface area contributed by atoms with Crippen molar-refractivity contribution < 1.29 is 19.4 Å². The number of hydrogen-bond donors (Lipinski definition) is 1. The minimum atomic E-state index is -0.325. The maximum absolute atomic E-state index is 11.8. The monoisotopic (exact) mass is 248 g/mol. The Bertz CT molecular complexity index is 440. The highest BCUT2D eigenvalue weighted by atomic mass is 16.6. The Hall–Kier alpha value is -1.55. The van der Waals surface area contributed by atoms with E-state index in [0.717, 1.165) is 19.3 Å². The lowest BCUT2D eigenvalue weighted by atomic mass is 9.90. The summed E-state index contributed by atoms with van der Waals surface area (Å²) in [7, 11) is 0. The number of fused-ring (bicyclic) bond motifs is 1. The molecule has 1 aromatic carbocycles. The fraction of sp³-hybridized carbons (Fsp3) is 0.500. The predicted octanol–water partition coefficient (Wildman–Crippen LogP) is 2.12. The maximum Gasteiger partial charge on any atom is 0.338 e. The van der Waals surface area contributed by atoms with E-state index in [9.17, 15) is 4.79 Å². The van der Waals surface area contributed by atoms with E-state index in [1.54, 1.807) is 12.1 Å². The standard InChI is InChI=1S/C14H16O4/c15-11-4-2-10(3-5-11)14(16)17-8-9-1-6-12-13(7-9)18-12/h2-5,9,12-13,15H,1,6-8H2. The van der Waals surface area contributed by atoms with Crippen LogP contribution < -0.4 is 0 Å². The second-order valence-corrected chi connectivity index (χ2v) is 5.04. The number of ether oxygens (including phenoxy) is 2. The topological polar surface area (TPSA) is 59.1 Å². The van der Waals surface area contributed by atoms with Gasteiger partial charge in [-0.05, 0) is 49.4 Å². The van der Waals surface area contributed by atoms with Crippen LogP contribution in [0.15, 0.2) is 24.3 Å². The van der Waals surface area contributed by atoms with Crippen LogP contribution in [0.4, 0.5) is 0 Å². The molecule has 0 spiro atoms. The lowest BCUT2D eigenvalue weighted by molar-refractivity contribution is 0.0416. The molecule has 4 nitrogen and oxygen atoms in total. The van der Waals surface area contributed by atoms with Crippen LogP contribution in [0, 0.1) is 5.92 Å². The van der Waals surface area contributed by atoms with E-state index in [1.165, 1.54) is 12.1 Å². The Morgan fingerprint density at radius 1 is 1.28 bits per heavy atom. The van der Waals surface area contributed by atoms with Gasteiger partial charge in [0, 0.05) is 0 Å². The molecule has 1 aliphatic heterocycles. The third-order valence-corrected chi connectivity index (χ3v) is 3.67. The van der Waals surface area contributed by atoms with Crippen LogP contribution in [0.5, 0.6) is 5.75 Å². The van der Waals surface area contributed by atoms with Crippen LogP contribution in [-0.4, -0.2) is 29.9 Å². The van der Waals surface area contributed by atoms with Gasteiger partial charge in [-0.25, -0.2) is 4.79 Å². The molecule has 3 unspecified atom stereocenters. The lowest BCUT2D eigenvalue weighted by Crippen LogP contribution is -2.20. The van der Waals surface area contributed by atoms with Crippen molar-refractivity contribution in [1.82, 2.24) is 0 Å². The van der Waals surface area contributed by atoms with E-state index in [-0.39, 0.29) is 11.7 Å². The summed E-state index contributed by atoms with van der Waals surface area (Å²) >= 11 is 0. The predicted molar refractivity (Wildman–Crippen MR) is 64.4 cm³/mol. The van der Waals surface area contributed by atoms with Crippen molar-refractivity contribution in [1.29, 1.82) is 0 Å². The molecular formula is C14H16O4. The van der Waals surface area contributed by atoms with Crippen molar-refractivity contribution in [2.75, 3.05) is 6.61 Å². The summed E-state index contributed by atoms with van der Waals surface area (Å²) < 4.78 is 10.7. The number of epoxide rings is 1. The van der Waals surface area contributed by atoms with Crippen molar-refractivity contribution in [3.05, 3.63) is 29.8 Å². The van der Waals surface area contributed by atoms with Gasteiger partial charge in [-0.3, -0.25) is 0 Å². The van der Waals surface area contributed by atoms with Gasteiger partial charge in [0.1, 0.15) is 5.75 Å². The number of hydrogen-bond acceptors (Lipinski definition) is 4. The SMILES string of the molecule is O=C(OCC1CCC2OC2C1)c1ccc(O)cc1. The molecule has 18 heavy (non-hydrogen) atoms. The minimum absolute atomic E-state index is 0.149. The Kier molecular flexibility index (Phi) is 2.96. The third kappa shape index (κ3) is 2.48. The highest BCUT2D eigenvalue weighted by Crippen LogP contribution is 2.39. The van der Waals surface area contributed by atoms with E-state index >= 15 is 0 Å². The Morgan fingerprint density at radius 3 is 2.78 bits per heavy atom. The van der Waals surface area contributed by atoms with Crippen LogP contribution in [0.2, 0.25) is 0 Å². The normalized spacial score (nSPS) is 29.4. The molecule has 1 saturated heterocycles. The van der Waals surface area contributed by atoms with Gasteiger partial charge in [0.15, 0.2) is 0 Å².